The second-order valence-electron chi connectivity index (χ2n) is 6.55. The van der Waals surface area contributed by atoms with Crippen molar-refractivity contribution in [3.8, 4) is 0 Å². The Kier molecular flexibility index (Phi) is 8.67. The maximum Gasteiger partial charge on any atom is 0.348 e. The van der Waals surface area contributed by atoms with Crippen molar-refractivity contribution in [3.63, 3.8) is 0 Å². The van der Waals surface area contributed by atoms with Gasteiger partial charge >= 0.3 is 8.03 Å². The fourth-order valence-electron chi connectivity index (χ4n) is 2.77. The quantitative estimate of drug-likeness (QED) is 0.676. The number of rotatable bonds is 4. The van der Waals surface area contributed by atoms with Gasteiger partial charge in [-0.15, -0.1) is 0 Å². The summed E-state index contributed by atoms with van der Waals surface area (Å²) in [6, 6.07) is 10.3. The van der Waals surface area contributed by atoms with Crippen molar-refractivity contribution >= 4 is 24.9 Å². The summed E-state index contributed by atoms with van der Waals surface area (Å²) in [5.41, 5.74) is 1.09. The molecule has 0 aromatic heterocycles. The number of nitrogens with one attached hydrogen (secondary N) is 2. The Hall–Kier alpha value is -2.18. The minimum Gasteiger partial charge on any atom is -0.591 e. The van der Waals surface area contributed by atoms with Crippen LogP contribution in [0.15, 0.2) is 42.5 Å². The molecule has 2 unspecified atom stereocenters. The highest BCUT2D eigenvalue weighted by Crippen LogP contribution is 2.15. The summed E-state index contributed by atoms with van der Waals surface area (Å²) < 4.78 is 24.0. The standard InChI is InChI=1S/C14H11FNO3P.C6H13NO/c1-9-7-11(5-6-13(9)15)16-14(17)10-3-2-4-12(8-10)20(18)19;8-5-6-3-1-2-4-7-6/h2-8H,1H3,(H,16,17);6-8H,1-5H2. The molecule has 0 spiro atoms. The summed E-state index contributed by atoms with van der Waals surface area (Å²) in [7, 11) is -2.73. The molecular formula is C20H24FN2O4P. The molecular weight excluding hydrogens is 382 g/mol. The summed E-state index contributed by atoms with van der Waals surface area (Å²) in [5, 5.41) is 14.5. The number of hydrogen-bond acceptors (Lipinski definition) is 5. The minimum absolute atomic E-state index is 0.0722. The Bertz CT molecular complexity index is 826. The molecule has 0 saturated carbocycles. The Balaban J connectivity index is 0.000000292. The first-order valence-electron chi connectivity index (χ1n) is 9.07. The Morgan fingerprint density at radius 2 is 2.11 bits per heavy atom. The van der Waals surface area contributed by atoms with Crippen LogP contribution in [0.25, 0.3) is 0 Å². The fourth-order valence-corrected chi connectivity index (χ4v) is 3.22. The van der Waals surface area contributed by atoms with E-state index in [4.69, 9.17) is 5.11 Å². The number of halogens is 1. The van der Waals surface area contributed by atoms with E-state index in [0.717, 1.165) is 13.0 Å². The predicted molar refractivity (Wildman–Crippen MR) is 106 cm³/mol. The van der Waals surface area contributed by atoms with Crippen LogP contribution in [-0.4, -0.2) is 30.2 Å². The first-order valence-corrected chi connectivity index (χ1v) is 10.2. The van der Waals surface area contributed by atoms with E-state index >= 15 is 0 Å². The number of aliphatic hydroxyl groups is 1. The number of anilines is 1. The van der Waals surface area contributed by atoms with Crippen LogP contribution in [0.1, 0.15) is 35.2 Å². The molecule has 28 heavy (non-hydrogen) atoms. The molecule has 2 atom stereocenters. The molecule has 1 fully saturated rings. The fraction of sp³-hybridized carbons (Fsp3) is 0.350. The van der Waals surface area contributed by atoms with Gasteiger partial charge in [0.25, 0.3) is 5.91 Å². The van der Waals surface area contributed by atoms with Gasteiger partial charge in [0.15, 0.2) is 5.30 Å². The van der Waals surface area contributed by atoms with Crippen molar-refractivity contribution in [2.45, 2.75) is 32.2 Å². The molecule has 8 heteroatoms. The van der Waals surface area contributed by atoms with Gasteiger partial charge in [-0.3, -0.25) is 4.79 Å². The average Bonchev–Trinajstić information content (AvgIpc) is 2.72. The van der Waals surface area contributed by atoms with Crippen LogP contribution in [0.5, 0.6) is 0 Å². The van der Waals surface area contributed by atoms with Gasteiger partial charge in [-0.05, 0) is 62.2 Å². The molecule has 1 saturated heterocycles. The molecule has 1 heterocycles. The Morgan fingerprint density at radius 3 is 2.68 bits per heavy atom. The van der Waals surface area contributed by atoms with Gasteiger partial charge in [-0.25, -0.2) is 4.39 Å². The molecule has 0 bridgehead atoms. The van der Waals surface area contributed by atoms with E-state index in [9.17, 15) is 18.6 Å². The van der Waals surface area contributed by atoms with Crippen LogP contribution in [0.3, 0.4) is 0 Å². The lowest BCUT2D eigenvalue weighted by molar-refractivity contribution is -0.160. The maximum atomic E-state index is 13.1. The molecule has 1 aliphatic heterocycles. The predicted octanol–water partition coefficient (Wildman–Crippen LogP) is 2.24. The number of benzene rings is 2. The van der Waals surface area contributed by atoms with Crippen LogP contribution >= 0.6 is 8.03 Å². The molecule has 0 radical (unpaired) electrons. The van der Waals surface area contributed by atoms with Gasteiger partial charge in [0, 0.05) is 23.4 Å². The smallest absolute Gasteiger partial charge is 0.348 e. The number of aryl methyl sites for hydroxylation is 1. The molecule has 3 N–H and O–H groups in total. The molecule has 1 amide bonds. The lowest BCUT2D eigenvalue weighted by atomic mass is 10.1. The van der Waals surface area contributed by atoms with Crippen LogP contribution in [0, 0.1) is 12.7 Å². The molecule has 150 valence electrons. The van der Waals surface area contributed by atoms with Crippen LogP contribution in [0.2, 0.25) is 0 Å². The van der Waals surface area contributed by atoms with Gasteiger partial charge in [0.2, 0.25) is 0 Å². The zero-order valence-electron chi connectivity index (χ0n) is 15.7. The van der Waals surface area contributed by atoms with Gasteiger partial charge in [-0.1, -0.05) is 17.1 Å². The molecule has 6 nitrogen and oxygen atoms in total. The minimum atomic E-state index is -2.73. The first-order chi connectivity index (χ1) is 13.4. The number of carbonyl (C=O) groups excluding carboxylic acids is 1. The van der Waals surface area contributed by atoms with Gasteiger partial charge < -0.3 is 20.6 Å². The molecule has 1 aliphatic rings. The zero-order valence-corrected chi connectivity index (χ0v) is 16.5. The number of carbonyl (C=O) groups is 1. The maximum absolute atomic E-state index is 13.1. The van der Waals surface area contributed by atoms with E-state index in [-0.39, 0.29) is 16.7 Å². The molecule has 2 aromatic rings. The summed E-state index contributed by atoms with van der Waals surface area (Å²) in [5.74, 6) is -0.803. The normalized spacial score (nSPS) is 16.6. The van der Waals surface area contributed by atoms with Crippen molar-refractivity contribution in [3.05, 3.63) is 59.4 Å². The van der Waals surface area contributed by atoms with E-state index in [0.29, 0.717) is 23.9 Å². The van der Waals surface area contributed by atoms with Gasteiger partial charge in [-0.2, -0.15) is 0 Å². The van der Waals surface area contributed by atoms with Crippen molar-refractivity contribution in [1.29, 1.82) is 0 Å². The van der Waals surface area contributed by atoms with Crippen LogP contribution in [0.4, 0.5) is 10.1 Å². The second kappa shape index (κ2) is 11.0. The van der Waals surface area contributed by atoms with E-state index in [1.165, 1.54) is 55.3 Å². The highest BCUT2D eigenvalue weighted by atomic mass is 31.1. The van der Waals surface area contributed by atoms with Crippen molar-refractivity contribution in [2.75, 3.05) is 18.5 Å². The third kappa shape index (κ3) is 6.77. The largest absolute Gasteiger partial charge is 0.591 e. The van der Waals surface area contributed by atoms with Gasteiger partial charge in [0.05, 0.1) is 6.61 Å². The van der Waals surface area contributed by atoms with Crippen LogP contribution in [-0.2, 0) is 4.57 Å². The number of amides is 1. The lowest BCUT2D eigenvalue weighted by Crippen LogP contribution is -2.36. The second-order valence-corrected chi connectivity index (χ2v) is 7.59. The third-order valence-corrected chi connectivity index (χ3v) is 5.07. The summed E-state index contributed by atoms with van der Waals surface area (Å²) in [6.07, 6.45) is 3.70. The van der Waals surface area contributed by atoms with Crippen molar-refractivity contribution in [1.82, 2.24) is 5.32 Å². The average molecular weight is 406 g/mol. The van der Waals surface area contributed by atoms with E-state index in [2.05, 4.69) is 10.6 Å². The zero-order chi connectivity index (χ0) is 20.5. The highest BCUT2D eigenvalue weighted by molar-refractivity contribution is 7.45. The SMILES string of the molecule is Cc1cc(NC(=O)c2cccc([P+](=O)[O-])c2)ccc1F.OCC1CCCCN1. The Labute approximate surface area is 164 Å². The molecule has 3 rings (SSSR count). The van der Waals surface area contributed by atoms with E-state index in [1.807, 2.05) is 0 Å². The molecule has 2 aromatic carbocycles. The third-order valence-electron chi connectivity index (χ3n) is 4.37. The summed E-state index contributed by atoms with van der Waals surface area (Å²) in [4.78, 5) is 22.9. The van der Waals surface area contributed by atoms with E-state index in [1.54, 1.807) is 6.92 Å². The topological polar surface area (TPSA) is 101 Å². The molecule has 0 aliphatic carbocycles. The number of aliphatic hydroxyl groups excluding tert-OH is 1. The monoisotopic (exact) mass is 406 g/mol. The van der Waals surface area contributed by atoms with Crippen molar-refractivity contribution < 1.29 is 23.7 Å². The van der Waals surface area contributed by atoms with E-state index < -0.39 is 13.9 Å². The summed E-state index contributed by atoms with van der Waals surface area (Å²) in [6.45, 7) is 2.99. The summed E-state index contributed by atoms with van der Waals surface area (Å²) >= 11 is 0. The van der Waals surface area contributed by atoms with Crippen LogP contribution < -0.4 is 20.8 Å². The highest BCUT2D eigenvalue weighted by Gasteiger charge is 2.13. The van der Waals surface area contributed by atoms with Gasteiger partial charge in [0.1, 0.15) is 5.82 Å². The lowest BCUT2D eigenvalue weighted by Gasteiger charge is -2.20. The number of piperidine rings is 1. The first kappa shape index (κ1) is 22.1. The Morgan fingerprint density at radius 1 is 1.32 bits per heavy atom. The van der Waals surface area contributed by atoms with Crippen molar-refractivity contribution in [2.24, 2.45) is 0 Å². The number of hydrogen-bond donors (Lipinski definition) is 3.